The number of thioether (sulfide) groups is 1. The lowest BCUT2D eigenvalue weighted by molar-refractivity contribution is -0.133. The maximum atomic E-state index is 13.2. The molecule has 1 aliphatic carbocycles. The molecule has 0 radical (unpaired) electrons. The predicted molar refractivity (Wildman–Crippen MR) is 134 cm³/mol. The minimum absolute atomic E-state index is 0.0181. The summed E-state index contributed by atoms with van der Waals surface area (Å²) >= 11 is 2.53. The Hall–Kier alpha value is -2.52. The highest BCUT2D eigenvalue weighted by molar-refractivity contribution is 8.01. The van der Waals surface area contributed by atoms with Crippen LogP contribution >= 0.6 is 23.1 Å². The molecule has 0 spiro atoms. The van der Waals surface area contributed by atoms with E-state index in [0.717, 1.165) is 48.3 Å². The number of hydrogen-bond donors (Lipinski definition) is 3. The molecule has 1 aliphatic rings. The van der Waals surface area contributed by atoms with Crippen molar-refractivity contribution in [2.45, 2.75) is 55.7 Å². The number of aromatic amines is 1. The third-order valence-corrected chi connectivity index (χ3v) is 8.34. The van der Waals surface area contributed by atoms with Crippen LogP contribution in [-0.2, 0) is 11.2 Å². The molecule has 2 amide bonds. The van der Waals surface area contributed by atoms with Gasteiger partial charge in [0.1, 0.15) is 0 Å². The van der Waals surface area contributed by atoms with E-state index < -0.39 is 5.97 Å². The van der Waals surface area contributed by atoms with Crippen LogP contribution in [0.4, 0.5) is 9.93 Å². The van der Waals surface area contributed by atoms with E-state index in [9.17, 15) is 9.59 Å². The zero-order valence-corrected chi connectivity index (χ0v) is 20.4. The van der Waals surface area contributed by atoms with Gasteiger partial charge in [-0.3, -0.25) is 10.1 Å². The minimum atomic E-state index is -0.869. The van der Waals surface area contributed by atoms with E-state index in [0.29, 0.717) is 17.6 Å². The number of hydrogen-bond acceptors (Lipinski definition) is 5. The van der Waals surface area contributed by atoms with Crippen LogP contribution in [0.5, 0.6) is 0 Å². The summed E-state index contributed by atoms with van der Waals surface area (Å²) in [6, 6.07) is 8.43. The van der Waals surface area contributed by atoms with E-state index in [2.05, 4.69) is 46.6 Å². The Bertz CT molecular complexity index is 1090. The molecule has 33 heavy (non-hydrogen) atoms. The summed E-state index contributed by atoms with van der Waals surface area (Å²) in [6.07, 6.45) is 9.83. The number of nitrogens with one attached hydrogen (secondary N) is 2. The maximum absolute atomic E-state index is 13.2. The van der Waals surface area contributed by atoms with Crippen LogP contribution in [-0.4, -0.2) is 50.3 Å². The molecule has 0 aliphatic heterocycles. The second kappa shape index (κ2) is 11.1. The van der Waals surface area contributed by atoms with Crippen molar-refractivity contribution in [2.75, 3.05) is 17.6 Å². The van der Waals surface area contributed by atoms with Crippen LogP contribution in [0, 0.1) is 5.92 Å². The molecular weight excluding hydrogens is 456 g/mol. The number of amides is 2. The molecule has 3 aromatic rings. The number of fused-ring (bicyclic) bond motifs is 1. The van der Waals surface area contributed by atoms with Crippen LogP contribution in [0.25, 0.3) is 10.9 Å². The summed E-state index contributed by atoms with van der Waals surface area (Å²) in [5, 5.41) is 13.6. The Labute approximate surface area is 202 Å². The van der Waals surface area contributed by atoms with E-state index in [-0.39, 0.29) is 17.8 Å². The van der Waals surface area contributed by atoms with E-state index in [1.54, 1.807) is 6.20 Å². The molecule has 0 saturated heterocycles. The molecular formula is C24H30N4O3S2. The van der Waals surface area contributed by atoms with E-state index >= 15 is 0 Å². The number of thiazole rings is 1. The number of aromatic nitrogens is 2. The van der Waals surface area contributed by atoms with Gasteiger partial charge in [0.15, 0.2) is 5.13 Å². The van der Waals surface area contributed by atoms with Gasteiger partial charge in [-0.05, 0) is 56.1 Å². The van der Waals surface area contributed by atoms with Crippen LogP contribution in [0.3, 0.4) is 0 Å². The number of nitrogens with zero attached hydrogens (tertiary/aromatic N) is 2. The van der Waals surface area contributed by atoms with Gasteiger partial charge in [0, 0.05) is 29.7 Å². The first-order valence-electron chi connectivity index (χ1n) is 11.4. The number of urea groups is 1. The first-order valence-corrected chi connectivity index (χ1v) is 13.2. The fraction of sp³-hybridized carbons (Fsp3) is 0.458. The predicted octanol–water partition coefficient (Wildman–Crippen LogP) is 5.85. The number of carboxylic acids is 1. The van der Waals surface area contributed by atoms with E-state index in [1.807, 2.05) is 11.0 Å². The Morgan fingerprint density at radius 3 is 2.85 bits per heavy atom. The highest BCUT2D eigenvalue weighted by Crippen LogP contribution is 2.30. The first kappa shape index (κ1) is 23.6. The number of carboxylic acid groups (broad SMARTS) is 1. The summed E-state index contributed by atoms with van der Waals surface area (Å²) in [5.41, 5.74) is 2.42. The second-order valence-electron chi connectivity index (χ2n) is 8.67. The number of aryl methyl sites for hydroxylation is 1. The molecule has 3 N–H and O–H groups in total. The van der Waals surface area contributed by atoms with Crippen molar-refractivity contribution in [3.05, 3.63) is 42.2 Å². The van der Waals surface area contributed by atoms with Gasteiger partial charge in [-0.2, -0.15) is 0 Å². The minimum Gasteiger partial charge on any atom is -0.481 e. The number of aliphatic carboxylic acids is 1. The fourth-order valence-corrected chi connectivity index (χ4v) is 6.04. The van der Waals surface area contributed by atoms with Crippen molar-refractivity contribution in [2.24, 2.45) is 5.92 Å². The monoisotopic (exact) mass is 486 g/mol. The maximum Gasteiger partial charge on any atom is 0.323 e. The quantitative estimate of drug-likeness (QED) is 0.330. The molecule has 9 heteroatoms. The summed E-state index contributed by atoms with van der Waals surface area (Å²) in [7, 11) is 0. The zero-order valence-electron chi connectivity index (χ0n) is 18.8. The average Bonchev–Trinajstić information content (AvgIpc) is 3.43. The smallest absolute Gasteiger partial charge is 0.323 e. The van der Waals surface area contributed by atoms with Crippen LogP contribution in [0.1, 0.15) is 44.6 Å². The molecule has 0 unspecified atom stereocenters. The second-order valence-corrected chi connectivity index (χ2v) is 11.0. The van der Waals surface area contributed by atoms with Crippen molar-refractivity contribution < 1.29 is 14.7 Å². The summed E-state index contributed by atoms with van der Waals surface area (Å²) in [6.45, 7) is 2.97. The number of benzene rings is 1. The summed E-state index contributed by atoms with van der Waals surface area (Å²) < 4.78 is 0.782. The SMILES string of the molecule is CC1CCC(N(CCCc2c[nH]c3ccccc23)C(=O)Nc2ncc(SCC(=O)O)s2)CC1. The number of rotatable bonds is 9. The Morgan fingerprint density at radius 2 is 2.06 bits per heavy atom. The molecule has 4 rings (SSSR count). The van der Waals surface area contributed by atoms with Crippen molar-refractivity contribution >= 4 is 51.1 Å². The number of anilines is 1. The fourth-order valence-electron chi connectivity index (χ4n) is 4.46. The van der Waals surface area contributed by atoms with Gasteiger partial charge in [-0.25, -0.2) is 9.78 Å². The molecule has 2 heterocycles. The van der Waals surface area contributed by atoms with Gasteiger partial charge in [-0.1, -0.05) is 36.5 Å². The lowest BCUT2D eigenvalue weighted by atomic mass is 9.86. The van der Waals surface area contributed by atoms with E-state index in [1.165, 1.54) is 34.0 Å². The molecule has 2 aromatic heterocycles. The lowest BCUT2D eigenvalue weighted by Crippen LogP contribution is -2.45. The lowest BCUT2D eigenvalue weighted by Gasteiger charge is -2.36. The molecule has 7 nitrogen and oxygen atoms in total. The van der Waals surface area contributed by atoms with Crippen molar-refractivity contribution in [3.63, 3.8) is 0 Å². The number of para-hydroxylation sites is 1. The van der Waals surface area contributed by atoms with Gasteiger partial charge in [0.25, 0.3) is 0 Å². The third-order valence-electron chi connectivity index (χ3n) is 6.24. The largest absolute Gasteiger partial charge is 0.481 e. The molecule has 0 atom stereocenters. The third kappa shape index (κ3) is 6.29. The Kier molecular flexibility index (Phi) is 7.93. The van der Waals surface area contributed by atoms with Gasteiger partial charge >= 0.3 is 12.0 Å². The molecule has 1 fully saturated rings. The van der Waals surface area contributed by atoms with Gasteiger partial charge in [0.05, 0.1) is 16.2 Å². The van der Waals surface area contributed by atoms with Crippen molar-refractivity contribution in [3.8, 4) is 0 Å². The van der Waals surface area contributed by atoms with E-state index in [4.69, 9.17) is 5.11 Å². The van der Waals surface area contributed by atoms with Crippen LogP contribution < -0.4 is 5.32 Å². The Balaban J connectivity index is 1.39. The normalized spacial score (nSPS) is 18.3. The zero-order chi connectivity index (χ0) is 23.2. The molecule has 1 aromatic carbocycles. The van der Waals surface area contributed by atoms with Gasteiger partial charge < -0.3 is 15.0 Å². The molecule has 1 saturated carbocycles. The average molecular weight is 487 g/mol. The van der Waals surface area contributed by atoms with Crippen LogP contribution in [0.2, 0.25) is 0 Å². The molecule has 176 valence electrons. The first-order chi connectivity index (χ1) is 16.0. The highest BCUT2D eigenvalue weighted by atomic mass is 32.2. The van der Waals surface area contributed by atoms with Crippen molar-refractivity contribution in [1.82, 2.24) is 14.9 Å². The number of H-pyrrole nitrogens is 1. The van der Waals surface area contributed by atoms with Crippen molar-refractivity contribution in [1.29, 1.82) is 0 Å². The standard InChI is InChI=1S/C24H30N4O3S2/c1-16-8-10-18(11-9-16)28(12-4-5-17-13-25-20-7-3-2-6-19(17)20)24(31)27-23-26-14-22(33-23)32-15-21(29)30/h2-3,6-7,13-14,16,18,25H,4-5,8-12,15H2,1H3,(H,29,30)(H,26,27,31). The number of carbonyl (C=O) groups excluding carboxylic acids is 1. The Morgan fingerprint density at radius 1 is 1.27 bits per heavy atom. The highest BCUT2D eigenvalue weighted by Gasteiger charge is 2.28. The topological polar surface area (TPSA) is 98.3 Å². The number of carbonyl (C=O) groups is 2. The molecule has 0 bridgehead atoms. The van der Waals surface area contributed by atoms with Gasteiger partial charge in [0.2, 0.25) is 0 Å². The summed E-state index contributed by atoms with van der Waals surface area (Å²) in [4.78, 5) is 33.6. The summed E-state index contributed by atoms with van der Waals surface area (Å²) in [5.74, 6) is -0.174. The van der Waals surface area contributed by atoms with Gasteiger partial charge in [-0.15, -0.1) is 11.8 Å². The van der Waals surface area contributed by atoms with Crippen LogP contribution in [0.15, 0.2) is 40.9 Å².